The van der Waals surface area contributed by atoms with Gasteiger partial charge in [0.1, 0.15) is 11.9 Å². The zero-order valence-electron chi connectivity index (χ0n) is 23.0. The first kappa shape index (κ1) is 25.9. The summed E-state index contributed by atoms with van der Waals surface area (Å²) in [5, 5.41) is 0. The molecule has 2 fully saturated rings. The summed E-state index contributed by atoms with van der Waals surface area (Å²) in [6.45, 7) is 8.43. The fourth-order valence-corrected chi connectivity index (χ4v) is 7.73. The highest BCUT2D eigenvalue weighted by Crippen LogP contribution is 2.65. The van der Waals surface area contributed by atoms with Gasteiger partial charge in [0.05, 0.1) is 6.42 Å². The van der Waals surface area contributed by atoms with Crippen LogP contribution >= 0.6 is 0 Å². The molecule has 6 nitrogen and oxygen atoms in total. The minimum absolute atomic E-state index is 0.0339. The van der Waals surface area contributed by atoms with Gasteiger partial charge in [0.2, 0.25) is 0 Å². The normalized spacial score (nSPS) is 28.6. The molecule has 37 heavy (non-hydrogen) atoms. The van der Waals surface area contributed by atoms with Crippen LogP contribution in [0.4, 0.5) is 0 Å². The number of rotatable bonds is 5. The molecule has 2 saturated carbocycles. The molecule has 0 spiro atoms. The Morgan fingerprint density at radius 3 is 2.59 bits per heavy atom. The molecule has 5 rings (SSSR count). The van der Waals surface area contributed by atoms with Gasteiger partial charge in [-0.25, -0.2) is 9.97 Å². The van der Waals surface area contributed by atoms with Crippen molar-refractivity contribution in [2.75, 3.05) is 13.6 Å². The number of ether oxygens (including phenoxy) is 1. The maximum Gasteiger partial charge on any atom is 0.308 e. The van der Waals surface area contributed by atoms with Crippen LogP contribution < -0.4 is 0 Å². The van der Waals surface area contributed by atoms with E-state index in [1.807, 2.05) is 39.2 Å². The highest BCUT2D eigenvalue weighted by atomic mass is 16.6. The minimum Gasteiger partial charge on any atom is -0.460 e. The lowest BCUT2D eigenvalue weighted by molar-refractivity contribution is -0.154. The number of carbonyl (C=O) groups is 2. The lowest BCUT2D eigenvalue weighted by Crippen LogP contribution is -2.41. The van der Waals surface area contributed by atoms with Gasteiger partial charge in [-0.2, -0.15) is 0 Å². The van der Waals surface area contributed by atoms with Crippen LogP contribution in [0.25, 0.3) is 0 Å². The topological polar surface area (TPSA) is 72.4 Å². The van der Waals surface area contributed by atoms with Crippen molar-refractivity contribution in [3.63, 3.8) is 0 Å². The molecule has 3 aliphatic carbocycles. The third-order valence-corrected chi connectivity index (χ3v) is 9.37. The predicted octanol–water partition coefficient (Wildman–Crippen LogP) is 5.92. The van der Waals surface area contributed by atoms with Gasteiger partial charge in [0, 0.05) is 31.5 Å². The first-order chi connectivity index (χ1) is 17.6. The smallest absolute Gasteiger partial charge is 0.308 e. The Morgan fingerprint density at radius 2 is 1.86 bits per heavy atom. The molecule has 0 bridgehead atoms. The molecule has 0 radical (unpaired) electrons. The van der Waals surface area contributed by atoms with E-state index in [2.05, 4.69) is 29.0 Å². The van der Waals surface area contributed by atoms with Crippen molar-refractivity contribution in [2.24, 2.45) is 17.3 Å². The molecule has 2 aromatic rings. The van der Waals surface area contributed by atoms with Crippen molar-refractivity contribution in [1.29, 1.82) is 0 Å². The highest BCUT2D eigenvalue weighted by molar-refractivity contribution is 5.94. The summed E-state index contributed by atoms with van der Waals surface area (Å²) < 4.78 is 5.38. The van der Waals surface area contributed by atoms with Crippen LogP contribution in [0.15, 0.2) is 36.9 Å². The van der Waals surface area contributed by atoms with Gasteiger partial charge < -0.3 is 9.64 Å². The van der Waals surface area contributed by atoms with Crippen LogP contribution in [-0.2, 0) is 16.0 Å². The fourth-order valence-electron chi connectivity index (χ4n) is 7.73. The van der Waals surface area contributed by atoms with Gasteiger partial charge in [0.25, 0.3) is 5.91 Å². The first-order valence-corrected chi connectivity index (χ1v) is 13.9. The van der Waals surface area contributed by atoms with E-state index >= 15 is 0 Å². The summed E-state index contributed by atoms with van der Waals surface area (Å²) in [6.07, 6.45) is 13.1. The van der Waals surface area contributed by atoms with E-state index in [4.69, 9.17) is 4.74 Å². The number of carbonyl (C=O) groups excluding carboxylic acids is 2. The van der Waals surface area contributed by atoms with Crippen LogP contribution in [0, 0.1) is 17.3 Å². The standard InChI is InChI=1S/C31H41N3O3/c1-30(2,3)37-28(35)13-15-34(5)29(36)21-7-8-23-20(16-21)6-9-25-24(23)12-14-31(4)26(10-11-27(25)31)22-17-32-19-33-18-22/h7-8,16-19,24-27H,6,9-15H2,1-5H3/t24?,25-,26-,27?,31?/m1/s1. The summed E-state index contributed by atoms with van der Waals surface area (Å²) in [6, 6.07) is 6.34. The fraction of sp³-hybridized carbons (Fsp3) is 0.613. The summed E-state index contributed by atoms with van der Waals surface area (Å²) in [7, 11) is 1.76. The lowest BCUT2D eigenvalue weighted by Gasteiger charge is -2.51. The Balaban J connectivity index is 1.27. The summed E-state index contributed by atoms with van der Waals surface area (Å²) in [5.41, 5.74) is 4.62. The summed E-state index contributed by atoms with van der Waals surface area (Å²) in [4.78, 5) is 35.5. The van der Waals surface area contributed by atoms with Crippen LogP contribution in [0.3, 0.4) is 0 Å². The second-order valence-corrected chi connectivity index (χ2v) is 12.7. The van der Waals surface area contributed by atoms with Crippen LogP contribution in [0.2, 0.25) is 0 Å². The summed E-state index contributed by atoms with van der Waals surface area (Å²) >= 11 is 0. The SMILES string of the molecule is CN(CCC(=O)OC(C)(C)C)C(=O)c1ccc2c(c1)CC[C@@H]1C2CCC2(C)C1CC[C@@H]2c1cncnc1. The third-order valence-electron chi connectivity index (χ3n) is 9.37. The third kappa shape index (κ3) is 5.04. The Bertz CT molecular complexity index is 1160. The van der Waals surface area contributed by atoms with E-state index in [0.29, 0.717) is 29.7 Å². The van der Waals surface area contributed by atoms with E-state index < -0.39 is 5.60 Å². The highest BCUT2D eigenvalue weighted by Gasteiger charge is 2.55. The first-order valence-electron chi connectivity index (χ1n) is 13.9. The predicted molar refractivity (Wildman–Crippen MR) is 143 cm³/mol. The molecular formula is C31H41N3O3. The molecule has 0 N–H and O–H groups in total. The number of hydrogen-bond donors (Lipinski definition) is 0. The van der Waals surface area contributed by atoms with Gasteiger partial charge in [-0.1, -0.05) is 13.0 Å². The molecule has 198 valence electrons. The van der Waals surface area contributed by atoms with E-state index in [0.717, 1.165) is 17.9 Å². The monoisotopic (exact) mass is 503 g/mol. The van der Waals surface area contributed by atoms with Crippen molar-refractivity contribution in [3.05, 3.63) is 59.2 Å². The van der Waals surface area contributed by atoms with E-state index in [1.54, 1.807) is 18.3 Å². The summed E-state index contributed by atoms with van der Waals surface area (Å²) in [5.74, 6) is 2.26. The number of nitrogens with zero attached hydrogens (tertiary/aromatic N) is 3. The van der Waals surface area contributed by atoms with Crippen molar-refractivity contribution < 1.29 is 14.3 Å². The van der Waals surface area contributed by atoms with Crippen LogP contribution in [0.5, 0.6) is 0 Å². The molecule has 1 aromatic carbocycles. The number of hydrogen-bond acceptors (Lipinski definition) is 5. The second kappa shape index (κ2) is 9.85. The molecule has 1 aromatic heterocycles. The maximum atomic E-state index is 13.1. The van der Waals surface area contributed by atoms with E-state index in [9.17, 15) is 9.59 Å². The van der Waals surface area contributed by atoms with Gasteiger partial charge in [-0.05, 0) is 117 Å². The molecule has 6 heteroatoms. The molecule has 1 amide bonds. The van der Waals surface area contributed by atoms with Crippen molar-refractivity contribution in [2.45, 2.75) is 90.1 Å². The largest absolute Gasteiger partial charge is 0.460 e. The van der Waals surface area contributed by atoms with Gasteiger partial charge in [-0.3, -0.25) is 9.59 Å². The quantitative estimate of drug-likeness (QED) is 0.474. The van der Waals surface area contributed by atoms with E-state index in [-0.39, 0.29) is 18.3 Å². The number of aromatic nitrogens is 2. The number of fused-ring (bicyclic) bond motifs is 5. The van der Waals surface area contributed by atoms with Crippen LogP contribution in [-0.4, -0.2) is 45.9 Å². The molecule has 1 heterocycles. The maximum absolute atomic E-state index is 13.1. The molecule has 5 atom stereocenters. The molecular weight excluding hydrogens is 462 g/mol. The number of amides is 1. The zero-order valence-corrected chi connectivity index (χ0v) is 23.0. The Kier molecular flexibility index (Phi) is 6.88. The van der Waals surface area contributed by atoms with Gasteiger partial charge in [0.15, 0.2) is 0 Å². The average molecular weight is 504 g/mol. The molecule has 0 saturated heterocycles. The average Bonchev–Trinajstić information content (AvgIpc) is 3.23. The Labute approximate surface area is 221 Å². The van der Waals surface area contributed by atoms with Crippen LogP contribution in [0.1, 0.15) is 105 Å². The van der Waals surface area contributed by atoms with Crippen molar-refractivity contribution in [3.8, 4) is 0 Å². The van der Waals surface area contributed by atoms with E-state index in [1.165, 1.54) is 48.8 Å². The molecule has 3 aliphatic rings. The number of esters is 1. The Morgan fingerprint density at radius 1 is 1.11 bits per heavy atom. The lowest BCUT2D eigenvalue weighted by atomic mass is 9.53. The van der Waals surface area contributed by atoms with Gasteiger partial charge in [-0.15, -0.1) is 0 Å². The zero-order chi connectivity index (χ0) is 26.4. The van der Waals surface area contributed by atoms with Crippen molar-refractivity contribution >= 4 is 11.9 Å². The molecule has 0 aliphatic heterocycles. The molecule has 3 unspecified atom stereocenters. The minimum atomic E-state index is -0.512. The van der Waals surface area contributed by atoms with Crippen molar-refractivity contribution in [1.82, 2.24) is 14.9 Å². The number of aryl methyl sites for hydroxylation is 1. The second-order valence-electron chi connectivity index (χ2n) is 12.7. The number of benzene rings is 1. The van der Waals surface area contributed by atoms with Gasteiger partial charge >= 0.3 is 5.97 Å². The Hall–Kier alpha value is -2.76.